The second kappa shape index (κ2) is 4.01. The van der Waals surface area contributed by atoms with E-state index in [9.17, 15) is 5.11 Å². The van der Waals surface area contributed by atoms with Crippen LogP contribution in [-0.4, -0.2) is 18.3 Å². The Kier molecular flexibility index (Phi) is 2.73. The second-order valence-corrected chi connectivity index (χ2v) is 3.85. The molecule has 1 aliphatic carbocycles. The summed E-state index contributed by atoms with van der Waals surface area (Å²) in [5, 5.41) is 9.81. The number of hydrogen-bond acceptors (Lipinski definition) is 2. The Morgan fingerprint density at radius 2 is 2.07 bits per heavy atom. The fourth-order valence-electron chi connectivity index (χ4n) is 2.28. The molecular weight excluding hydrogens is 176 g/mol. The summed E-state index contributed by atoms with van der Waals surface area (Å²) in [6.07, 6.45) is 2.92. The molecule has 76 valence electrons. The maximum absolute atomic E-state index is 9.81. The van der Waals surface area contributed by atoms with Crippen molar-refractivity contribution in [2.75, 3.05) is 7.11 Å². The van der Waals surface area contributed by atoms with Gasteiger partial charge in [-0.1, -0.05) is 24.6 Å². The van der Waals surface area contributed by atoms with Gasteiger partial charge < -0.3 is 9.84 Å². The van der Waals surface area contributed by atoms with E-state index in [1.165, 1.54) is 0 Å². The van der Waals surface area contributed by atoms with Gasteiger partial charge in [-0.3, -0.25) is 0 Å². The van der Waals surface area contributed by atoms with Crippen molar-refractivity contribution in [3.8, 4) is 5.75 Å². The summed E-state index contributed by atoms with van der Waals surface area (Å²) in [4.78, 5) is 0. The average Bonchev–Trinajstić information content (AvgIpc) is 2.64. The van der Waals surface area contributed by atoms with Crippen LogP contribution in [-0.2, 0) is 0 Å². The number of aliphatic hydroxyl groups is 1. The first-order chi connectivity index (χ1) is 6.83. The molecule has 0 saturated heterocycles. The van der Waals surface area contributed by atoms with Crippen LogP contribution in [0, 0.1) is 0 Å². The second-order valence-electron chi connectivity index (χ2n) is 3.85. The van der Waals surface area contributed by atoms with E-state index in [4.69, 9.17) is 4.74 Å². The predicted octanol–water partition coefficient (Wildman–Crippen LogP) is 2.32. The first kappa shape index (κ1) is 9.53. The number of hydrogen-bond donors (Lipinski definition) is 1. The molecule has 1 aromatic carbocycles. The van der Waals surface area contributed by atoms with Gasteiger partial charge in [0.05, 0.1) is 13.2 Å². The lowest BCUT2D eigenvalue weighted by molar-refractivity contribution is 0.162. The standard InChI is InChI=1S/C12H16O2/c1-14-12-8-3-2-5-10(12)9-6-4-7-11(9)13/h2-3,5,8-9,11,13H,4,6-7H2,1H3/t9-,11+/m0/s1. The molecule has 2 rings (SSSR count). The molecule has 0 aromatic heterocycles. The van der Waals surface area contributed by atoms with Gasteiger partial charge in [-0.2, -0.15) is 0 Å². The molecule has 1 aliphatic rings. The van der Waals surface area contributed by atoms with Gasteiger partial charge in [-0.15, -0.1) is 0 Å². The van der Waals surface area contributed by atoms with Crippen molar-refractivity contribution in [3.05, 3.63) is 29.8 Å². The van der Waals surface area contributed by atoms with Gasteiger partial charge >= 0.3 is 0 Å². The average molecular weight is 192 g/mol. The molecule has 1 aromatic rings. The SMILES string of the molecule is COc1ccccc1[C@@H]1CCC[C@H]1O. The molecule has 0 bridgehead atoms. The molecule has 1 N–H and O–H groups in total. The highest BCUT2D eigenvalue weighted by molar-refractivity contribution is 5.37. The van der Waals surface area contributed by atoms with Crippen LogP contribution >= 0.6 is 0 Å². The quantitative estimate of drug-likeness (QED) is 0.779. The molecular formula is C12H16O2. The summed E-state index contributed by atoms with van der Waals surface area (Å²) in [5.41, 5.74) is 1.15. The van der Waals surface area contributed by atoms with Crippen LogP contribution in [0.4, 0.5) is 0 Å². The fraction of sp³-hybridized carbons (Fsp3) is 0.500. The number of methoxy groups -OCH3 is 1. The Bertz CT molecular complexity index is 309. The van der Waals surface area contributed by atoms with E-state index >= 15 is 0 Å². The van der Waals surface area contributed by atoms with Crippen LogP contribution in [0.25, 0.3) is 0 Å². The van der Waals surface area contributed by atoms with E-state index in [2.05, 4.69) is 6.07 Å². The van der Waals surface area contributed by atoms with Crippen LogP contribution in [0.5, 0.6) is 5.75 Å². The third kappa shape index (κ3) is 1.62. The summed E-state index contributed by atoms with van der Waals surface area (Å²) >= 11 is 0. The van der Waals surface area contributed by atoms with Gasteiger partial charge in [0.15, 0.2) is 0 Å². The first-order valence-electron chi connectivity index (χ1n) is 5.14. The van der Waals surface area contributed by atoms with Gasteiger partial charge in [0.2, 0.25) is 0 Å². The highest BCUT2D eigenvalue weighted by Crippen LogP contribution is 2.38. The van der Waals surface area contributed by atoms with Crippen molar-refractivity contribution < 1.29 is 9.84 Å². The molecule has 1 saturated carbocycles. The molecule has 2 atom stereocenters. The molecule has 0 spiro atoms. The maximum atomic E-state index is 9.81. The van der Waals surface area contributed by atoms with E-state index in [0.29, 0.717) is 0 Å². The normalized spacial score (nSPS) is 26.4. The van der Waals surface area contributed by atoms with Gasteiger partial charge in [0, 0.05) is 5.92 Å². The summed E-state index contributed by atoms with van der Waals surface area (Å²) in [7, 11) is 1.68. The molecule has 2 nitrogen and oxygen atoms in total. The van der Waals surface area contributed by atoms with Gasteiger partial charge in [0.25, 0.3) is 0 Å². The zero-order valence-electron chi connectivity index (χ0n) is 8.44. The minimum Gasteiger partial charge on any atom is -0.496 e. The lowest BCUT2D eigenvalue weighted by Gasteiger charge is -2.17. The Morgan fingerprint density at radius 1 is 1.29 bits per heavy atom. The minimum absolute atomic E-state index is 0.189. The van der Waals surface area contributed by atoms with Crippen molar-refractivity contribution in [1.82, 2.24) is 0 Å². The zero-order chi connectivity index (χ0) is 9.97. The molecule has 0 amide bonds. The Balaban J connectivity index is 2.30. The van der Waals surface area contributed by atoms with E-state index in [1.807, 2.05) is 18.2 Å². The van der Waals surface area contributed by atoms with Gasteiger partial charge in [-0.05, 0) is 24.5 Å². The van der Waals surface area contributed by atoms with Gasteiger partial charge in [-0.25, -0.2) is 0 Å². The molecule has 0 radical (unpaired) electrons. The lowest BCUT2D eigenvalue weighted by atomic mass is 9.95. The minimum atomic E-state index is -0.189. The van der Waals surface area contributed by atoms with Crippen molar-refractivity contribution in [2.45, 2.75) is 31.3 Å². The van der Waals surface area contributed by atoms with E-state index in [1.54, 1.807) is 7.11 Å². The van der Waals surface area contributed by atoms with Crippen LogP contribution in [0.2, 0.25) is 0 Å². The summed E-state index contributed by atoms with van der Waals surface area (Å²) < 4.78 is 5.29. The smallest absolute Gasteiger partial charge is 0.122 e. The molecule has 2 heteroatoms. The lowest BCUT2D eigenvalue weighted by Crippen LogP contribution is -2.11. The van der Waals surface area contributed by atoms with Crippen LogP contribution in [0.15, 0.2) is 24.3 Å². The Morgan fingerprint density at radius 3 is 2.71 bits per heavy atom. The van der Waals surface area contributed by atoms with E-state index in [-0.39, 0.29) is 12.0 Å². The molecule has 0 aliphatic heterocycles. The third-order valence-electron chi connectivity index (χ3n) is 3.02. The largest absolute Gasteiger partial charge is 0.496 e. The maximum Gasteiger partial charge on any atom is 0.122 e. The summed E-state index contributed by atoms with van der Waals surface area (Å²) in [6.45, 7) is 0. The summed E-state index contributed by atoms with van der Waals surface area (Å²) in [5.74, 6) is 1.17. The molecule has 14 heavy (non-hydrogen) atoms. The topological polar surface area (TPSA) is 29.5 Å². The fourth-order valence-corrected chi connectivity index (χ4v) is 2.28. The van der Waals surface area contributed by atoms with Crippen molar-refractivity contribution in [3.63, 3.8) is 0 Å². The van der Waals surface area contributed by atoms with Gasteiger partial charge in [0.1, 0.15) is 5.75 Å². The van der Waals surface area contributed by atoms with Crippen LogP contribution in [0.3, 0.4) is 0 Å². The Hall–Kier alpha value is -1.02. The van der Waals surface area contributed by atoms with Crippen molar-refractivity contribution in [1.29, 1.82) is 0 Å². The Labute approximate surface area is 84.5 Å². The van der Waals surface area contributed by atoms with Crippen molar-refractivity contribution >= 4 is 0 Å². The monoisotopic (exact) mass is 192 g/mol. The first-order valence-corrected chi connectivity index (χ1v) is 5.14. The number of ether oxygens (including phenoxy) is 1. The highest BCUT2D eigenvalue weighted by Gasteiger charge is 2.28. The van der Waals surface area contributed by atoms with Crippen LogP contribution < -0.4 is 4.74 Å². The zero-order valence-corrected chi connectivity index (χ0v) is 8.44. The van der Waals surface area contributed by atoms with Crippen molar-refractivity contribution in [2.24, 2.45) is 0 Å². The molecule has 1 fully saturated rings. The number of aliphatic hydroxyl groups excluding tert-OH is 1. The third-order valence-corrected chi connectivity index (χ3v) is 3.02. The highest BCUT2D eigenvalue weighted by atomic mass is 16.5. The molecule has 0 unspecified atom stereocenters. The molecule has 0 heterocycles. The summed E-state index contributed by atoms with van der Waals surface area (Å²) in [6, 6.07) is 7.98. The van der Waals surface area contributed by atoms with E-state index < -0.39 is 0 Å². The van der Waals surface area contributed by atoms with Crippen LogP contribution in [0.1, 0.15) is 30.7 Å². The number of benzene rings is 1. The predicted molar refractivity (Wildman–Crippen MR) is 55.6 cm³/mol. The number of para-hydroxylation sites is 1. The number of rotatable bonds is 2. The van der Waals surface area contributed by atoms with E-state index in [0.717, 1.165) is 30.6 Å².